The van der Waals surface area contributed by atoms with Crippen LogP contribution >= 0.6 is 0 Å². The highest BCUT2D eigenvalue weighted by Gasteiger charge is 2.52. The van der Waals surface area contributed by atoms with Gasteiger partial charge in [0.25, 0.3) is 0 Å². The van der Waals surface area contributed by atoms with Gasteiger partial charge in [0.15, 0.2) is 0 Å². The first-order valence-corrected chi connectivity index (χ1v) is 10.6. The minimum Gasteiger partial charge on any atom is -0.497 e. The van der Waals surface area contributed by atoms with Crippen LogP contribution in [-0.2, 0) is 6.54 Å². The van der Waals surface area contributed by atoms with Gasteiger partial charge in [-0.25, -0.2) is 4.39 Å². The number of likely N-dealkylation sites (tertiary alicyclic amines) is 1. The van der Waals surface area contributed by atoms with Gasteiger partial charge < -0.3 is 19.5 Å². The van der Waals surface area contributed by atoms with Crippen molar-refractivity contribution in [1.29, 1.82) is 0 Å². The van der Waals surface area contributed by atoms with Gasteiger partial charge in [0.05, 0.1) is 31.9 Å². The lowest BCUT2D eigenvalue weighted by atomic mass is 9.66. The van der Waals surface area contributed by atoms with E-state index in [1.165, 1.54) is 11.0 Å². The Labute approximate surface area is 172 Å². The molecule has 1 aliphatic carbocycles. The van der Waals surface area contributed by atoms with Crippen LogP contribution in [0.15, 0.2) is 42.5 Å². The number of piperidine rings is 1. The zero-order valence-electron chi connectivity index (χ0n) is 17.3. The normalized spacial score (nSPS) is 29.2. The molecular weight excluding hydrogens is 369 g/mol. The number of quaternary nitrogens is 1. The van der Waals surface area contributed by atoms with E-state index in [0.29, 0.717) is 0 Å². The first-order chi connectivity index (χ1) is 14.0. The summed E-state index contributed by atoms with van der Waals surface area (Å²) in [6.07, 6.45) is 4.87. The Kier molecular flexibility index (Phi) is 5.79. The van der Waals surface area contributed by atoms with E-state index in [4.69, 9.17) is 9.47 Å². The number of hydrogen-bond acceptors (Lipinski definition) is 3. The lowest BCUT2D eigenvalue weighted by molar-refractivity contribution is -0.958. The number of halogens is 1. The van der Waals surface area contributed by atoms with E-state index in [9.17, 15) is 9.50 Å². The van der Waals surface area contributed by atoms with Gasteiger partial charge in [0.2, 0.25) is 0 Å². The van der Waals surface area contributed by atoms with E-state index < -0.39 is 5.60 Å². The molecule has 1 heterocycles. The van der Waals surface area contributed by atoms with Gasteiger partial charge >= 0.3 is 0 Å². The molecule has 1 aliphatic heterocycles. The van der Waals surface area contributed by atoms with Gasteiger partial charge in [-0.2, -0.15) is 0 Å². The summed E-state index contributed by atoms with van der Waals surface area (Å²) < 4.78 is 24.9. The van der Waals surface area contributed by atoms with Gasteiger partial charge in [0.1, 0.15) is 29.9 Å². The van der Waals surface area contributed by atoms with E-state index >= 15 is 0 Å². The number of rotatable bonds is 5. The minimum atomic E-state index is -0.626. The zero-order chi connectivity index (χ0) is 20.4. The molecule has 4 atom stereocenters. The van der Waals surface area contributed by atoms with E-state index in [0.717, 1.165) is 67.8 Å². The fraction of sp³-hybridized carbons (Fsp3) is 0.500. The maximum Gasteiger partial charge on any atom is 0.131 e. The lowest BCUT2D eigenvalue weighted by Crippen LogP contribution is -3.13. The molecule has 4 nitrogen and oxygen atoms in total. The summed E-state index contributed by atoms with van der Waals surface area (Å²) in [6.45, 7) is 1.58. The third-order valence-electron chi connectivity index (χ3n) is 6.88. The first-order valence-electron chi connectivity index (χ1n) is 10.6. The summed E-state index contributed by atoms with van der Waals surface area (Å²) in [5.74, 6) is 1.51. The summed E-state index contributed by atoms with van der Waals surface area (Å²) in [5, 5.41) is 11.5. The molecule has 0 aromatic heterocycles. The van der Waals surface area contributed by atoms with Gasteiger partial charge in [-0.3, -0.25) is 0 Å². The Hall–Kier alpha value is -2.11. The van der Waals surface area contributed by atoms with Gasteiger partial charge in [-0.15, -0.1) is 0 Å². The summed E-state index contributed by atoms with van der Waals surface area (Å²) in [4.78, 5) is 1.36. The SMILES string of the molecule is COc1ccc([C@H]2[C@@H]3CCCC[C@]3(O)CC[NH+]2Cc2cccc(F)c2)c(OC)c1. The molecule has 1 unspecified atom stereocenters. The van der Waals surface area contributed by atoms with Crippen molar-refractivity contribution in [2.75, 3.05) is 20.8 Å². The monoisotopic (exact) mass is 400 g/mol. The summed E-state index contributed by atoms with van der Waals surface area (Å²) >= 11 is 0. The van der Waals surface area contributed by atoms with Crippen LogP contribution in [0.25, 0.3) is 0 Å². The molecule has 1 saturated heterocycles. The summed E-state index contributed by atoms with van der Waals surface area (Å²) in [6, 6.07) is 12.9. The van der Waals surface area contributed by atoms with Crippen molar-refractivity contribution in [1.82, 2.24) is 0 Å². The van der Waals surface area contributed by atoms with E-state index in [1.807, 2.05) is 18.2 Å². The van der Waals surface area contributed by atoms with Crippen molar-refractivity contribution in [3.63, 3.8) is 0 Å². The minimum absolute atomic E-state index is 0.0955. The Balaban J connectivity index is 1.74. The molecule has 0 radical (unpaired) electrons. The predicted octanol–water partition coefficient (Wildman–Crippen LogP) is 3.29. The number of ether oxygens (including phenoxy) is 2. The van der Waals surface area contributed by atoms with Gasteiger partial charge in [-0.05, 0) is 37.1 Å². The molecule has 4 rings (SSSR count). The van der Waals surface area contributed by atoms with E-state index in [2.05, 4.69) is 6.07 Å². The summed E-state index contributed by atoms with van der Waals surface area (Å²) in [5.41, 5.74) is 1.46. The van der Waals surface area contributed by atoms with Crippen molar-refractivity contribution in [3.05, 3.63) is 59.4 Å². The second kappa shape index (κ2) is 8.33. The number of methoxy groups -OCH3 is 2. The molecule has 2 aromatic rings. The van der Waals surface area contributed by atoms with Crippen molar-refractivity contribution < 1.29 is 23.9 Å². The number of fused-ring (bicyclic) bond motifs is 1. The molecule has 5 heteroatoms. The number of benzene rings is 2. The largest absolute Gasteiger partial charge is 0.497 e. The maximum absolute atomic E-state index is 13.8. The molecule has 1 saturated carbocycles. The van der Waals surface area contributed by atoms with Crippen LogP contribution in [-0.4, -0.2) is 31.5 Å². The highest BCUT2D eigenvalue weighted by atomic mass is 19.1. The maximum atomic E-state index is 13.8. The van der Waals surface area contributed by atoms with Crippen LogP contribution in [0.4, 0.5) is 4.39 Å². The molecule has 0 amide bonds. The molecule has 2 aliphatic rings. The molecule has 0 spiro atoms. The molecule has 156 valence electrons. The van der Waals surface area contributed by atoms with Gasteiger partial charge in [-0.1, -0.05) is 25.0 Å². The quantitative estimate of drug-likeness (QED) is 0.809. The van der Waals surface area contributed by atoms with Crippen molar-refractivity contribution in [2.24, 2.45) is 5.92 Å². The third-order valence-corrected chi connectivity index (χ3v) is 6.88. The van der Waals surface area contributed by atoms with Crippen LogP contribution in [0.2, 0.25) is 0 Å². The Bertz CT molecular complexity index is 858. The average Bonchev–Trinajstić information content (AvgIpc) is 2.73. The lowest BCUT2D eigenvalue weighted by Gasteiger charge is -2.50. The summed E-state index contributed by atoms with van der Waals surface area (Å²) in [7, 11) is 3.33. The number of nitrogens with one attached hydrogen (secondary N) is 1. The van der Waals surface area contributed by atoms with Crippen LogP contribution < -0.4 is 14.4 Å². The smallest absolute Gasteiger partial charge is 0.131 e. The number of aliphatic hydroxyl groups is 1. The van der Waals surface area contributed by atoms with Crippen molar-refractivity contribution in [3.8, 4) is 11.5 Å². The fourth-order valence-electron chi connectivity index (χ4n) is 5.47. The second-order valence-electron chi connectivity index (χ2n) is 8.51. The Morgan fingerprint density at radius 2 is 1.97 bits per heavy atom. The second-order valence-corrected chi connectivity index (χ2v) is 8.51. The van der Waals surface area contributed by atoms with Crippen LogP contribution in [0.1, 0.15) is 49.3 Å². The van der Waals surface area contributed by atoms with Crippen LogP contribution in [0, 0.1) is 11.7 Å². The fourth-order valence-corrected chi connectivity index (χ4v) is 5.47. The standard InChI is InChI=1S/C24H30FNO3/c1-28-19-9-10-20(22(15-19)29-2)23-21-8-3-4-11-24(21,27)12-13-26(23)16-17-6-5-7-18(25)14-17/h5-7,9-10,14-15,21,23,27H,3-4,8,11-13,16H2,1-2H3/p+1/t21-,23-,24-/m0/s1. The highest BCUT2D eigenvalue weighted by Crippen LogP contribution is 2.46. The molecular formula is C24H31FNO3+. The average molecular weight is 401 g/mol. The molecule has 2 N–H and O–H groups in total. The van der Waals surface area contributed by atoms with Crippen molar-refractivity contribution in [2.45, 2.75) is 50.3 Å². The zero-order valence-corrected chi connectivity index (χ0v) is 17.3. The predicted molar refractivity (Wildman–Crippen MR) is 110 cm³/mol. The topological polar surface area (TPSA) is 43.1 Å². The molecule has 2 aromatic carbocycles. The van der Waals surface area contributed by atoms with Crippen LogP contribution in [0.3, 0.4) is 0 Å². The van der Waals surface area contributed by atoms with E-state index in [-0.39, 0.29) is 17.8 Å². The van der Waals surface area contributed by atoms with Crippen molar-refractivity contribution >= 4 is 0 Å². The van der Waals surface area contributed by atoms with Crippen LogP contribution in [0.5, 0.6) is 11.5 Å². The Morgan fingerprint density at radius 3 is 2.72 bits per heavy atom. The highest BCUT2D eigenvalue weighted by molar-refractivity contribution is 5.42. The first kappa shape index (κ1) is 20.2. The Morgan fingerprint density at radius 1 is 1.10 bits per heavy atom. The number of hydrogen-bond donors (Lipinski definition) is 2. The third kappa shape index (κ3) is 3.99. The molecule has 0 bridgehead atoms. The van der Waals surface area contributed by atoms with E-state index in [1.54, 1.807) is 26.4 Å². The van der Waals surface area contributed by atoms with Gasteiger partial charge in [0, 0.05) is 24.0 Å². The molecule has 29 heavy (non-hydrogen) atoms. The molecule has 2 fully saturated rings.